The molecule has 0 saturated heterocycles. The van der Waals surface area contributed by atoms with Gasteiger partial charge in [-0.15, -0.1) is 10.2 Å². The van der Waals surface area contributed by atoms with Crippen LogP contribution in [0.5, 0.6) is 0 Å². The van der Waals surface area contributed by atoms with E-state index >= 15 is 0 Å². The lowest BCUT2D eigenvalue weighted by atomic mass is 10.0. The molecule has 1 aromatic heterocycles. The molecule has 1 N–H and O–H groups in total. The van der Waals surface area contributed by atoms with Crippen molar-refractivity contribution in [2.24, 2.45) is 0 Å². The molecular weight excluding hydrogens is 272 g/mol. The van der Waals surface area contributed by atoms with Crippen molar-refractivity contribution in [1.29, 1.82) is 0 Å². The third-order valence-electron chi connectivity index (χ3n) is 3.70. The van der Waals surface area contributed by atoms with Gasteiger partial charge in [-0.05, 0) is 40.0 Å². The minimum Gasteiger partial charge on any atom is -0.351 e. The number of amides is 1. The molecule has 1 aromatic rings. The van der Waals surface area contributed by atoms with E-state index in [1.807, 2.05) is 13.8 Å². The molecule has 112 valence electrons. The first-order chi connectivity index (χ1) is 9.46. The van der Waals surface area contributed by atoms with E-state index in [4.69, 9.17) is 0 Å². The number of nitrogens with one attached hydrogen (secondary N) is 1. The van der Waals surface area contributed by atoms with Crippen molar-refractivity contribution < 1.29 is 4.79 Å². The molecule has 1 amide bonds. The number of hydrogen-bond donors (Lipinski definition) is 1. The first kappa shape index (κ1) is 15.4. The minimum absolute atomic E-state index is 0.0560. The van der Waals surface area contributed by atoms with Gasteiger partial charge in [0.25, 0.3) is 0 Å². The van der Waals surface area contributed by atoms with Crippen molar-refractivity contribution in [2.75, 3.05) is 5.75 Å². The number of carbonyl (C=O) groups excluding carboxylic acids is 1. The van der Waals surface area contributed by atoms with Gasteiger partial charge in [0.2, 0.25) is 5.91 Å². The first-order valence-electron chi connectivity index (χ1n) is 7.33. The number of nitrogens with zero attached hydrogens (tertiary/aromatic N) is 3. The van der Waals surface area contributed by atoms with Gasteiger partial charge in [0.05, 0.1) is 5.75 Å². The summed E-state index contributed by atoms with van der Waals surface area (Å²) in [5.74, 6) is 2.13. The molecular formula is C14H24N4OS. The summed E-state index contributed by atoms with van der Waals surface area (Å²) in [7, 11) is 0. The molecule has 6 heteroatoms. The molecule has 0 atom stereocenters. The Morgan fingerprint density at radius 3 is 2.65 bits per heavy atom. The molecule has 0 aromatic carbocycles. The summed E-state index contributed by atoms with van der Waals surface area (Å²) in [6, 6.07) is 0. The van der Waals surface area contributed by atoms with Gasteiger partial charge in [0, 0.05) is 18.0 Å². The predicted octanol–water partition coefficient (Wildman–Crippen LogP) is 2.57. The van der Waals surface area contributed by atoms with Crippen LogP contribution in [0.15, 0.2) is 5.16 Å². The molecule has 1 heterocycles. The van der Waals surface area contributed by atoms with Gasteiger partial charge >= 0.3 is 0 Å². The van der Waals surface area contributed by atoms with E-state index in [0.717, 1.165) is 23.9 Å². The number of carbonyl (C=O) groups is 1. The molecule has 0 unspecified atom stereocenters. The average Bonchev–Trinajstić information content (AvgIpc) is 3.16. The molecule has 1 saturated carbocycles. The summed E-state index contributed by atoms with van der Waals surface area (Å²) >= 11 is 1.47. The van der Waals surface area contributed by atoms with Crippen LogP contribution in [0.4, 0.5) is 0 Å². The fourth-order valence-corrected chi connectivity index (χ4v) is 2.79. The number of aromatic nitrogens is 3. The SMILES string of the molecule is CCn1c(SCC(=O)NC(C)(C)CC)nnc1C1CC1. The van der Waals surface area contributed by atoms with Crippen LogP contribution in [0.1, 0.15) is 58.7 Å². The minimum atomic E-state index is -0.144. The Labute approximate surface area is 124 Å². The fraction of sp³-hybridized carbons (Fsp3) is 0.786. The second kappa shape index (κ2) is 6.16. The highest BCUT2D eigenvalue weighted by Gasteiger charge is 2.30. The second-order valence-electron chi connectivity index (χ2n) is 5.93. The van der Waals surface area contributed by atoms with Crippen molar-refractivity contribution in [2.45, 2.75) is 70.1 Å². The fourth-order valence-electron chi connectivity index (χ4n) is 1.98. The van der Waals surface area contributed by atoms with Crippen molar-refractivity contribution >= 4 is 17.7 Å². The lowest BCUT2D eigenvalue weighted by molar-refractivity contribution is -0.120. The molecule has 5 nitrogen and oxygen atoms in total. The Morgan fingerprint density at radius 1 is 1.40 bits per heavy atom. The lowest BCUT2D eigenvalue weighted by Gasteiger charge is -2.24. The summed E-state index contributed by atoms with van der Waals surface area (Å²) in [6.07, 6.45) is 3.35. The van der Waals surface area contributed by atoms with E-state index in [1.165, 1.54) is 24.6 Å². The maximum absolute atomic E-state index is 12.0. The summed E-state index contributed by atoms with van der Waals surface area (Å²) in [6.45, 7) is 9.11. The first-order valence-corrected chi connectivity index (χ1v) is 8.32. The number of thioether (sulfide) groups is 1. The largest absolute Gasteiger partial charge is 0.351 e. The van der Waals surface area contributed by atoms with E-state index in [1.54, 1.807) is 0 Å². The monoisotopic (exact) mass is 296 g/mol. The zero-order valence-corrected chi connectivity index (χ0v) is 13.6. The Hall–Kier alpha value is -1.04. The standard InChI is InChI=1S/C14H24N4OS/c1-5-14(3,4)15-11(19)9-20-13-17-16-12(10-7-8-10)18(13)6-2/h10H,5-9H2,1-4H3,(H,15,19). The summed E-state index contributed by atoms with van der Waals surface area (Å²) < 4.78 is 2.14. The number of hydrogen-bond acceptors (Lipinski definition) is 4. The highest BCUT2D eigenvalue weighted by molar-refractivity contribution is 7.99. The van der Waals surface area contributed by atoms with E-state index in [0.29, 0.717) is 11.7 Å². The molecule has 2 rings (SSSR count). The Balaban J connectivity index is 1.92. The Kier molecular flexibility index (Phi) is 4.73. The van der Waals surface area contributed by atoms with Crippen molar-refractivity contribution in [1.82, 2.24) is 20.1 Å². The Morgan fingerprint density at radius 2 is 2.10 bits per heavy atom. The van der Waals surface area contributed by atoms with Crippen LogP contribution in [-0.2, 0) is 11.3 Å². The third-order valence-corrected chi connectivity index (χ3v) is 4.66. The number of rotatable bonds is 7. The maximum atomic E-state index is 12.0. The third kappa shape index (κ3) is 3.75. The molecule has 1 aliphatic rings. The van der Waals surface area contributed by atoms with Gasteiger partial charge in [0.15, 0.2) is 5.16 Å². The van der Waals surface area contributed by atoms with Crippen LogP contribution in [0.3, 0.4) is 0 Å². The summed E-state index contributed by atoms with van der Waals surface area (Å²) in [5, 5.41) is 12.4. The van der Waals surface area contributed by atoms with Crippen LogP contribution in [0.25, 0.3) is 0 Å². The second-order valence-corrected chi connectivity index (χ2v) is 6.88. The normalized spacial score (nSPS) is 15.4. The predicted molar refractivity (Wildman–Crippen MR) is 80.9 cm³/mol. The zero-order valence-electron chi connectivity index (χ0n) is 12.8. The van der Waals surface area contributed by atoms with Gasteiger partial charge in [-0.1, -0.05) is 18.7 Å². The van der Waals surface area contributed by atoms with Crippen LogP contribution in [-0.4, -0.2) is 32.0 Å². The summed E-state index contributed by atoms with van der Waals surface area (Å²) in [4.78, 5) is 12.0. The summed E-state index contributed by atoms with van der Waals surface area (Å²) in [5.41, 5.74) is -0.144. The highest BCUT2D eigenvalue weighted by Crippen LogP contribution is 2.39. The van der Waals surface area contributed by atoms with E-state index in [9.17, 15) is 4.79 Å². The van der Waals surface area contributed by atoms with Crippen LogP contribution >= 0.6 is 11.8 Å². The molecule has 1 aliphatic carbocycles. The van der Waals surface area contributed by atoms with E-state index in [2.05, 4.69) is 33.9 Å². The van der Waals surface area contributed by atoms with Gasteiger partial charge < -0.3 is 9.88 Å². The van der Waals surface area contributed by atoms with Crippen molar-refractivity contribution in [3.63, 3.8) is 0 Å². The van der Waals surface area contributed by atoms with Gasteiger partial charge in [-0.25, -0.2) is 0 Å². The Bertz CT molecular complexity index is 480. The molecule has 0 aliphatic heterocycles. The molecule has 0 spiro atoms. The zero-order chi connectivity index (χ0) is 14.8. The van der Waals surface area contributed by atoms with Crippen molar-refractivity contribution in [3.05, 3.63) is 5.82 Å². The maximum Gasteiger partial charge on any atom is 0.230 e. The topological polar surface area (TPSA) is 59.8 Å². The highest BCUT2D eigenvalue weighted by atomic mass is 32.2. The molecule has 1 fully saturated rings. The molecule has 0 radical (unpaired) electrons. The van der Waals surface area contributed by atoms with Crippen molar-refractivity contribution in [3.8, 4) is 0 Å². The van der Waals surface area contributed by atoms with E-state index < -0.39 is 0 Å². The van der Waals surface area contributed by atoms with Crippen LogP contribution < -0.4 is 5.32 Å². The van der Waals surface area contributed by atoms with Crippen LogP contribution in [0, 0.1) is 0 Å². The van der Waals surface area contributed by atoms with Crippen LogP contribution in [0.2, 0.25) is 0 Å². The quantitative estimate of drug-likeness (QED) is 0.786. The van der Waals surface area contributed by atoms with E-state index in [-0.39, 0.29) is 11.4 Å². The van der Waals surface area contributed by atoms with Gasteiger partial charge in [0.1, 0.15) is 5.82 Å². The van der Waals surface area contributed by atoms with Gasteiger partial charge in [-0.2, -0.15) is 0 Å². The average molecular weight is 296 g/mol. The smallest absolute Gasteiger partial charge is 0.230 e. The molecule has 20 heavy (non-hydrogen) atoms. The lowest BCUT2D eigenvalue weighted by Crippen LogP contribution is -2.43. The molecule has 0 bridgehead atoms. The van der Waals surface area contributed by atoms with Gasteiger partial charge in [-0.3, -0.25) is 4.79 Å².